The SMILES string of the molecule is Cc1ccnc(NC(=O)c2ccc(Oc3ccnc4[nH]nc(N[C@@H]5CCCN(C(=O)C6COC6)C5)c34)cc2)c1. The quantitative estimate of drug-likeness (QED) is 0.331. The van der Waals surface area contributed by atoms with E-state index in [1.165, 1.54) is 0 Å². The Morgan fingerprint density at radius 3 is 2.69 bits per heavy atom. The van der Waals surface area contributed by atoms with Crippen LogP contribution in [0.15, 0.2) is 54.9 Å². The molecule has 0 spiro atoms. The summed E-state index contributed by atoms with van der Waals surface area (Å²) in [6.45, 7) is 4.35. The molecule has 2 aliphatic rings. The number of nitrogens with zero attached hydrogens (tertiary/aromatic N) is 4. The number of rotatable bonds is 7. The molecule has 0 unspecified atom stereocenters. The zero-order valence-electron chi connectivity index (χ0n) is 21.5. The molecule has 0 bridgehead atoms. The number of hydrogen-bond acceptors (Lipinski definition) is 8. The molecule has 3 aromatic heterocycles. The predicted octanol–water partition coefficient (Wildman–Crippen LogP) is 3.76. The molecule has 11 nitrogen and oxygen atoms in total. The summed E-state index contributed by atoms with van der Waals surface area (Å²) in [5, 5.41) is 14.4. The molecule has 11 heteroatoms. The monoisotopic (exact) mass is 527 g/mol. The highest BCUT2D eigenvalue weighted by Crippen LogP contribution is 2.34. The number of aromatic nitrogens is 4. The smallest absolute Gasteiger partial charge is 0.256 e. The lowest BCUT2D eigenvalue weighted by atomic mass is 10.0. The number of benzene rings is 1. The number of hydrogen-bond donors (Lipinski definition) is 3. The molecule has 6 rings (SSSR count). The van der Waals surface area contributed by atoms with Crippen molar-refractivity contribution in [2.45, 2.75) is 25.8 Å². The van der Waals surface area contributed by atoms with Crippen LogP contribution in [-0.4, -0.2) is 69.2 Å². The molecule has 0 aliphatic carbocycles. The van der Waals surface area contributed by atoms with Crippen molar-refractivity contribution in [3.05, 3.63) is 66.0 Å². The van der Waals surface area contributed by atoms with E-state index in [1.807, 2.05) is 24.0 Å². The highest BCUT2D eigenvalue weighted by molar-refractivity contribution is 6.03. The average molecular weight is 528 g/mol. The highest BCUT2D eigenvalue weighted by Gasteiger charge is 2.33. The number of carbonyl (C=O) groups is 2. The first-order chi connectivity index (χ1) is 19.0. The van der Waals surface area contributed by atoms with Gasteiger partial charge in [0, 0.05) is 43.2 Å². The fourth-order valence-corrected chi connectivity index (χ4v) is 4.83. The molecule has 2 amide bonds. The first-order valence-electron chi connectivity index (χ1n) is 13.0. The van der Waals surface area contributed by atoms with E-state index in [-0.39, 0.29) is 23.8 Å². The third-order valence-electron chi connectivity index (χ3n) is 6.99. The van der Waals surface area contributed by atoms with E-state index in [9.17, 15) is 9.59 Å². The molecular weight excluding hydrogens is 498 g/mol. The molecule has 2 aliphatic heterocycles. The van der Waals surface area contributed by atoms with Crippen molar-refractivity contribution >= 4 is 34.5 Å². The molecule has 1 atom stereocenters. The van der Waals surface area contributed by atoms with Gasteiger partial charge in [-0.3, -0.25) is 14.7 Å². The van der Waals surface area contributed by atoms with E-state index in [1.54, 1.807) is 42.7 Å². The van der Waals surface area contributed by atoms with E-state index < -0.39 is 0 Å². The summed E-state index contributed by atoms with van der Waals surface area (Å²) >= 11 is 0. The van der Waals surface area contributed by atoms with Gasteiger partial charge in [0.25, 0.3) is 5.91 Å². The Balaban J connectivity index is 1.15. The van der Waals surface area contributed by atoms with Crippen molar-refractivity contribution in [3.8, 4) is 11.5 Å². The standard InChI is InChI=1S/C28H29N7O4/c1-17-8-10-29-23(13-17)32-27(36)18-4-6-21(7-5-18)39-22-9-11-30-25-24(22)26(34-33-25)31-20-3-2-12-35(14-20)28(37)19-15-38-16-19/h4-11,13,19-20H,2-3,12,14-16H2,1H3,(H,29,32,36)(H2,30,31,33,34)/t20-/m1/s1. The maximum absolute atomic E-state index is 12.7. The van der Waals surface area contributed by atoms with E-state index in [0.29, 0.717) is 54.1 Å². The Hall–Kier alpha value is -4.51. The third-order valence-corrected chi connectivity index (χ3v) is 6.99. The van der Waals surface area contributed by atoms with Crippen LogP contribution in [0.25, 0.3) is 11.0 Å². The minimum Gasteiger partial charge on any atom is -0.456 e. The fourth-order valence-electron chi connectivity index (χ4n) is 4.83. The summed E-state index contributed by atoms with van der Waals surface area (Å²) in [6.07, 6.45) is 5.15. The molecule has 3 N–H and O–H groups in total. The van der Waals surface area contributed by atoms with Gasteiger partial charge in [-0.25, -0.2) is 9.97 Å². The zero-order valence-corrected chi connectivity index (χ0v) is 21.5. The summed E-state index contributed by atoms with van der Waals surface area (Å²) in [7, 11) is 0. The van der Waals surface area contributed by atoms with Crippen molar-refractivity contribution in [3.63, 3.8) is 0 Å². The summed E-state index contributed by atoms with van der Waals surface area (Å²) < 4.78 is 11.4. The zero-order chi connectivity index (χ0) is 26.8. The number of aryl methyl sites for hydroxylation is 1. The number of fused-ring (bicyclic) bond motifs is 1. The van der Waals surface area contributed by atoms with Crippen LogP contribution in [0, 0.1) is 12.8 Å². The van der Waals surface area contributed by atoms with Gasteiger partial charge >= 0.3 is 0 Å². The summed E-state index contributed by atoms with van der Waals surface area (Å²) in [4.78, 5) is 35.8. The van der Waals surface area contributed by atoms with Crippen LogP contribution in [0.1, 0.15) is 28.8 Å². The second-order valence-corrected chi connectivity index (χ2v) is 9.91. The second-order valence-electron chi connectivity index (χ2n) is 9.91. The van der Waals surface area contributed by atoms with Crippen LogP contribution in [0.5, 0.6) is 11.5 Å². The number of anilines is 2. The van der Waals surface area contributed by atoms with Crippen molar-refractivity contribution in [1.29, 1.82) is 0 Å². The van der Waals surface area contributed by atoms with E-state index in [2.05, 4.69) is 30.8 Å². The van der Waals surface area contributed by atoms with Crippen LogP contribution in [0.4, 0.5) is 11.6 Å². The van der Waals surface area contributed by atoms with Crippen LogP contribution in [0.3, 0.4) is 0 Å². The number of piperidine rings is 1. The molecular formula is C28H29N7O4. The summed E-state index contributed by atoms with van der Waals surface area (Å²) in [5.74, 6) is 2.17. The topological polar surface area (TPSA) is 134 Å². The summed E-state index contributed by atoms with van der Waals surface area (Å²) in [6, 6.07) is 12.4. The van der Waals surface area contributed by atoms with E-state index >= 15 is 0 Å². The minimum absolute atomic E-state index is 0.0177. The molecule has 39 heavy (non-hydrogen) atoms. The molecule has 2 fully saturated rings. The molecule has 0 radical (unpaired) electrons. The Kier molecular flexibility index (Phi) is 6.80. The largest absolute Gasteiger partial charge is 0.456 e. The fraction of sp³-hybridized carbons (Fsp3) is 0.321. The normalized spacial score (nSPS) is 17.5. The summed E-state index contributed by atoms with van der Waals surface area (Å²) in [5.41, 5.74) is 2.09. The first-order valence-corrected chi connectivity index (χ1v) is 13.0. The third kappa shape index (κ3) is 5.39. The number of likely N-dealkylation sites (tertiary alicyclic amines) is 1. The van der Waals surface area contributed by atoms with Crippen molar-refractivity contribution in [2.75, 3.05) is 36.9 Å². The van der Waals surface area contributed by atoms with Crippen LogP contribution >= 0.6 is 0 Å². The molecule has 2 saturated heterocycles. The van der Waals surface area contributed by atoms with E-state index in [4.69, 9.17) is 9.47 Å². The van der Waals surface area contributed by atoms with Crippen LogP contribution in [0.2, 0.25) is 0 Å². The maximum Gasteiger partial charge on any atom is 0.256 e. The van der Waals surface area contributed by atoms with Gasteiger partial charge in [-0.05, 0) is 61.7 Å². The number of aromatic amines is 1. The van der Waals surface area contributed by atoms with Crippen LogP contribution in [-0.2, 0) is 9.53 Å². The number of ether oxygens (including phenoxy) is 2. The highest BCUT2D eigenvalue weighted by atomic mass is 16.5. The predicted molar refractivity (Wildman–Crippen MR) is 145 cm³/mol. The van der Waals surface area contributed by atoms with Gasteiger partial charge in [0.15, 0.2) is 11.5 Å². The van der Waals surface area contributed by atoms with Gasteiger partial charge < -0.3 is 25.0 Å². The Morgan fingerprint density at radius 2 is 1.92 bits per heavy atom. The number of nitrogens with one attached hydrogen (secondary N) is 3. The molecule has 5 heterocycles. The van der Waals surface area contributed by atoms with Gasteiger partial charge in [-0.1, -0.05) is 0 Å². The van der Waals surface area contributed by atoms with Crippen LogP contribution < -0.4 is 15.4 Å². The van der Waals surface area contributed by atoms with Gasteiger partial charge in [0.05, 0.1) is 19.1 Å². The Labute approximate surface area is 224 Å². The molecule has 0 saturated carbocycles. The van der Waals surface area contributed by atoms with Gasteiger partial charge in [-0.2, -0.15) is 5.10 Å². The number of H-pyrrole nitrogens is 1. The van der Waals surface area contributed by atoms with Gasteiger partial charge in [0.1, 0.15) is 22.7 Å². The number of pyridine rings is 2. The Morgan fingerprint density at radius 1 is 1.10 bits per heavy atom. The minimum atomic E-state index is -0.253. The first kappa shape index (κ1) is 24.8. The molecule has 1 aromatic carbocycles. The molecule has 200 valence electrons. The van der Waals surface area contributed by atoms with E-state index in [0.717, 1.165) is 30.3 Å². The van der Waals surface area contributed by atoms with Crippen molar-refractivity contribution < 1.29 is 19.1 Å². The lowest BCUT2D eigenvalue weighted by Crippen LogP contribution is -2.51. The molecule has 4 aromatic rings. The number of carbonyl (C=O) groups excluding carboxylic acids is 2. The lowest BCUT2D eigenvalue weighted by molar-refractivity contribution is -0.150. The van der Waals surface area contributed by atoms with Crippen molar-refractivity contribution in [1.82, 2.24) is 25.1 Å². The number of amides is 2. The average Bonchev–Trinajstić information content (AvgIpc) is 3.32. The van der Waals surface area contributed by atoms with Crippen molar-refractivity contribution in [2.24, 2.45) is 5.92 Å². The lowest BCUT2D eigenvalue weighted by Gasteiger charge is -2.37. The second kappa shape index (κ2) is 10.7. The maximum atomic E-state index is 12.7. The van der Waals surface area contributed by atoms with Gasteiger partial charge in [-0.15, -0.1) is 0 Å². The van der Waals surface area contributed by atoms with Gasteiger partial charge in [0.2, 0.25) is 5.91 Å². The Bertz CT molecular complexity index is 1500.